The Morgan fingerprint density at radius 1 is 0.975 bits per heavy atom. The maximum absolute atomic E-state index is 13.2. The molecule has 224 valence electrons. The van der Waals surface area contributed by atoms with E-state index in [0.29, 0.717) is 55.4 Å². The largest absolute Gasteiger partial charge is 0.393 e. The zero-order chi connectivity index (χ0) is 28.2. The smallest absolute Gasteiger partial charge is 0.320 e. The van der Waals surface area contributed by atoms with Crippen LogP contribution in [0.5, 0.6) is 0 Å². The van der Waals surface area contributed by atoms with Gasteiger partial charge in [0.15, 0.2) is 0 Å². The first-order valence-electron chi connectivity index (χ1n) is 16.8. The van der Waals surface area contributed by atoms with E-state index in [1.807, 2.05) is 14.7 Å². The molecule has 3 saturated carbocycles. The lowest BCUT2D eigenvalue weighted by molar-refractivity contribution is -0.133. The van der Waals surface area contributed by atoms with Gasteiger partial charge < -0.3 is 19.8 Å². The van der Waals surface area contributed by atoms with E-state index < -0.39 is 0 Å². The van der Waals surface area contributed by atoms with Crippen molar-refractivity contribution in [1.29, 1.82) is 0 Å². The number of hydrogen-bond acceptors (Lipinski definition) is 3. The SMILES string of the molecule is CC(CCC(=O)N1CCN(C(=O)N2CCC[C@@H]2C)CC1)[C@H]1CC[C@H]2[C@@H]3CC=C4C[C@@H](O)CC[C@]4(C)[C@H]3CC[C@]12C. The molecule has 6 aliphatic rings. The topological polar surface area (TPSA) is 64.1 Å². The van der Waals surface area contributed by atoms with Crippen molar-refractivity contribution in [2.45, 2.75) is 117 Å². The number of aliphatic hydroxyl groups is 1. The summed E-state index contributed by atoms with van der Waals surface area (Å²) in [7, 11) is 0. The summed E-state index contributed by atoms with van der Waals surface area (Å²) in [5.74, 6) is 3.96. The Morgan fingerprint density at radius 2 is 1.73 bits per heavy atom. The Morgan fingerprint density at radius 3 is 2.45 bits per heavy atom. The number of hydrogen-bond donors (Lipinski definition) is 1. The molecular weight excluding hydrogens is 498 g/mol. The summed E-state index contributed by atoms with van der Waals surface area (Å²) < 4.78 is 0. The first kappa shape index (κ1) is 28.6. The Hall–Kier alpha value is -1.56. The predicted octanol–water partition coefficient (Wildman–Crippen LogP) is 6.09. The summed E-state index contributed by atoms with van der Waals surface area (Å²) >= 11 is 0. The van der Waals surface area contributed by atoms with E-state index >= 15 is 0 Å². The molecule has 2 saturated heterocycles. The fourth-order valence-electron chi connectivity index (χ4n) is 10.9. The highest BCUT2D eigenvalue weighted by atomic mass is 16.3. The first-order valence-corrected chi connectivity index (χ1v) is 16.8. The Balaban J connectivity index is 1.02. The standard InChI is InChI=1S/C34H55N3O3/c1-23(7-12-31(39)35-18-20-36(21-19-35)32(40)37-17-5-6-24(37)2)28-10-11-29-27-9-8-25-22-26(38)13-15-33(25,3)30(27)14-16-34(28,29)4/h8,23-24,26-30,38H,5-7,9-22H2,1-4H3/t23?,24-,26-,27-,28+,29-,30-,33-,34+/m0/s1. The summed E-state index contributed by atoms with van der Waals surface area (Å²) in [5, 5.41) is 10.3. The van der Waals surface area contributed by atoms with Crippen LogP contribution in [0.2, 0.25) is 0 Å². The van der Waals surface area contributed by atoms with E-state index in [-0.39, 0.29) is 18.0 Å². The van der Waals surface area contributed by atoms with E-state index in [1.54, 1.807) is 5.57 Å². The molecule has 2 heterocycles. The van der Waals surface area contributed by atoms with Gasteiger partial charge in [-0.25, -0.2) is 4.79 Å². The van der Waals surface area contributed by atoms with Gasteiger partial charge in [0.25, 0.3) is 0 Å². The minimum absolute atomic E-state index is 0.130. The van der Waals surface area contributed by atoms with Crippen molar-refractivity contribution in [3.8, 4) is 0 Å². The van der Waals surface area contributed by atoms with Gasteiger partial charge in [0.05, 0.1) is 6.10 Å². The zero-order valence-corrected chi connectivity index (χ0v) is 25.7. The van der Waals surface area contributed by atoms with Crippen LogP contribution in [0.25, 0.3) is 0 Å². The van der Waals surface area contributed by atoms with Crippen molar-refractivity contribution in [1.82, 2.24) is 14.7 Å². The lowest BCUT2D eigenvalue weighted by atomic mass is 9.47. The van der Waals surface area contributed by atoms with Crippen LogP contribution in [-0.2, 0) is 4.79 Å². The van der Waals surface area contributed by atoms with Crippen molar-refractivity contribution in [2.24, 2.45) is 40.4 Å². The molecule has 5 fully saturated rings. The van der Waals surface area contributed by atoms with Crippen molar-refractivity contribution >= 4 is 11.9 Å². The monoisotopic (exact) mass is 553 g/mol. The summed E-state index contributed by atoms with van der Waals surface area (Å²) in [6.07, 6.45) is 15.8. The summed E-state index contributed by atoms with van der Waals surface area (Å²) in [5.41, 5.74) is 2.27. The van der Waals surface area contributed by atoms with Crippen LogP contribution in [0.4, 0.5) is 4.79 Å². The van der Waals surface area contributed by atoms with E-state index in [9.17, 15) is 14.7 Å². The minimum Gasteiger partial charge on any atom is -0.393 e. The number of carbonyl (C=O) groups is 2. The lowest BCUT2D eigenvalue weighted by Gasteiger charge is -2.58. The molecular formula is C34H55N3O3. The molecule has 0 bridgehead atoms. The van der Waals surface area contributed by atoms with Gasteiger partial charge in [-0.1, -0.05) is 32.4 Å². The quantitative estimate of drug-likeness (QED) is 0.429. The average Bonchev–Trinajstić information content (AvgIpc) is 3.54. The van der Waals surface area contributed by atoms with Crippen molar-refractivity contribution in [3.05, 3.63) is 11.6 Å². The van der Waals surface area contributed by atoms with E-state index in [4.69, 9.17) is 0 Å². The number of amides is 3. The van der Waals surface area contributed by atoms with Gasteiger partial charge in [-0.2, -0.15) is 0 Å². The number of fused-ring (bicyclic) bond motifs is 5. The number of likely N-dealkylation sites (tertiary alicyclic amines) is 1. The third-order valence-electron chi connectivity index (χ3n) is 13.4. The fraction of sp³-hybridized carbons (Fsp3) is 0.882. The first-order chi connectivity index (χ1) is 19.1. The second-order valence-electron chi connectivity index (χ2n) is 15.2. The highest BCUT2D eigenvalue weighted by molar-refractivity contribution is 5.78. The summed E-state index contributed by atoms with van der Waals surface area (Å²) in [4.78, 5) is 32.1. The molecule has 2 aliphatic heterocycles. The maximum atomic E-state index is 13.2. The molecule has 9 atom stereocenters. The van der Waals surface area contributed by atoms with Gasteiger partial charge in [-0.15, -0.1) is 0 Å². The van der Waals surface area contributed by atoms with E-state index in [2.05, 4.69) is 33.8 Å². The molecule has 0 radical (unpaired) electrons. The number of carbonyl (C=O) groups excluding carboxylic acids is 2. The second-order valence-corrected chi connectivity index (χ2v) is 15.2. The third-order valence-corrected chi connectivity index (χ3v) is 13.4. The van der Waals surface area contributed by atoms with Crippen LogP contribution in [-0.4, -0.2) is 76.6 Å². The van der Waals surface area contributed by atoms with Gasteiger partial charge >= 0.3 is 6.03 Å². The molecule has 4 aliphatic carbocycles. The highest BCUT2D eigenvalue weighted by Gasteiger charge is 2.59. The van der Waals surface area contributed by atoms with Gasteiger partial charge in [-0.3, -0.25) is 4.79 Å². The minimum atomic E-state index is -0.130. The number of aliphatic hydroxyl groups excluding tert-OH is 1. The van der Waals surface area contributed by atoms with Crippen LogP contribution >= 0.6 is 0 Å². The number of allylic oxidation sites excluding steroid dienone is 1. The van der Waals surface area contributed by atoms with Crippen LogP contribution < -0.4 is 0 Å². The van der Waals surface area contributed by atoms with Gasteiger partial charge in [0.1, 0.15) is 0 Å². The number of urea groups is 1. The normalized spacial score (nSPS) is 42.1. The van der Waals surface area contributed by atoms with Crippen LogP contribution in [0.1, 0.15) is 105 Å². The van der Waals surface area contributed by atoms with E-state index in [0.717, 1.165) is 68.7 Å². The fourth-order valence-corrected chi connectivity index (χ4v) is 10.9. The Kier molecular flexibility index (Phi) is 7.80. The van der Waals surface area contributed by atoms with Crippen LogP contribution in [0, 0.1) is 40.4 Å². The second kappa shape index (κ2) is 10.9. The molecule has 6 heteroatoms. The lowest BCUT2D eigenvalue weighted by Crippen LogP contribution is -2.54. The van der Waals surface area contributed by atoms with Gasteiger partial charge in [0, 0.05) is 45.2 Å². The molecule has 0 aromatic heterocycles. The highest BCUT2D eigenvalue weighted by Crippen LogP contribution is 2.67. The van der Waals surface area contributed by atoms with Gasteiger partial charge in [0.2, 0.25) is 5.91 Å². The van der Waals surface area contributed by atoms with Crippen molar-refractivity contribution in [3.63, 3.8) is 0 Å². The van der Waals surface area contributed by atoms with E-state index in [1.165, 1.54) is 32.1 Å². The molecule has 6 nitrogen and oxygen atoms in total. The van der Waals surface area contributed by atoms with Crippen LogP contribution in [0.3, 0.4) is 0 Å². The number of rotatable bonds is 4. The average molecular weight is 554 g/mol. The number of nitrogens with zero attached hydrogens (tertiary/aromatic N) is 3. The molecule has 40 heavy (non-hydrogen) atoms. The van der Waals surface area contributed by atoms with Crippen molar-refractivity contribution < 1.29 is 14.7 Å². The summed E-state index contributed by atoms with van der Waals surface area (Å²) in [6, 6.07) is 0.515. The zero-order valence-electron chi connectivity index (χ0n) is 25.7. The molecule has 0 aromatic carbocycles. The molecule has 6 rings (SSSR count). The third kappa shape index (κ3) is 4.82. The predicted molar refractivity (Wildman–Crippen MR) is 159 cm³/mol. The van der Waals surface area contributed by atoms with Crippen molar-refractivity contribution in [2.75, 3.05) is 32.7 Å². The Bertz CT molecular complexity index is 1000. The van der Waals surface area contributed by atoms with Crippen LogP contribution in [0.15, 0.2) is 11.6 Å². The van der Waals surface area contributed by atoms with Gasteiger partial charge in [-0.05, 0) is 118 Å². The molecule has 3 amide bonds. The molecule has 0 aromatic rings. The molecule has 1 N–H and O–H groups in total. The molecule has 0 spiro atoms. The number of piperazine rings is 1. The molecule has 1 unspecified atom stereocenters. The Labute approximate surface area is 242 Å². The maximum Gasteiger partial charge on any atom is 0.320 e. The summed E-state index contributed by atoms with van der Waals surface area (Å²) in [6.45, 7) is 13.3.